The second-order valence-electron chi connectivity index (χ2n) is 5.78. The van der Waals surface area contributed by atoms with Crippen LogP contribution in [0.1, 0.15) is 38.2 Å². The van der Waals surface area contributed by atoms with Crippen LogP contribution in [-0.4, -0.2) is 35.8 Å². The van der Waals surface area contributed by atoms with Gasteiger partial charge in [0.25, 0.3) is 0 Å². The minimum Gasteiger partial charge on any atom is -0.353 e. The van der Waals surface area contributed by atoms with E-state index in [1.54, 1.807) is 6.07 Å². The Balaban J connectivity index is 1.78. The van der Waals surface area contributed by atoms with E-state index in [0.29, 0.717) is 31.0 Å². The highest BCUT2D eigenvalue weighted by molar-refractivity contribution is 6.30. The monoisotopic (exact) mass is 322 g/mol. The molecule has 1 N–H and O–H groups in total. The molecule has 0 unspecified atom stereocenters. The molecule has 0 aromatic heterocycles. The van der Waals surface area contributed by atoms with Crippen LogP contribution >= 0.6 is 11.6 Å². The predicted molar refractivity (Wildman–Crippen MR) is 87.8 cm³/mol. The van der Waals surface area contributed by atoms with E-state index in [1.165, 1.54) is 0 Å². The first kappa shape index (κ1) is 16.8. The molecule has 1 aromatic carbocycles. The Morgan fingerprint density at radius 3 is 2.68 bits per heavy atom. The third-order valence-electron chi connectivity index (χ3n) is 3.93. The van der Waals surface area contributed by atoms with Crippen LogP contribution in [0.4, 0.5) is 0 Å². The van der Waals surface area contributed by atoms with E-state index in [1.807, 2.05) is 30.0 Å². The van der Waals surface area contributed by atoms with Gasteiger partial charge in [-0.05, 0) is 37.0 Å². The molecule has 0 atom stereocenters. The summed E-state index contributed by atoms with van der Waals surface area (Å²) in [5.74, 6) is 0.242. The molecule has 0 aliphatic carbocycles. The third kappa shape index (κ3) is 5.02. The van der Waals surface area contributed by atoms with Gasteiger partial charge in [0, 0.05) is 30.6 Å². The zero-order valence-corrected chi connectivity index (χ0v) is 13.7. The summed E-state index contributed by atoms with van der Waals surface area (Å²) in [6.07, 6.45) is 3.48. The number of carbonyl (C=O) groups excluding carboxylic acids is 2. The number of likely N-dealkylation sites (tertiary alicyclic amines) is 1. The zero-order chi connectivity index (χ0) is 15.9. The van der Waals surface area contributed by atoms with Crippen LogP contribution in [0.2, 0.25) is 5.02 Å². The Hall–Kier alpha value is -1.55. The Morgan fingerprint density at radius 1 is 1.32 bits per heavy atom. The fourth-order valence-electron chi connectivity index (χ4n) is 2.73. The standard InChI is InChI=1S/C17H23ClN2O2/c1-2-4-16(21)19-15-7-9-20(10-8-15)17(22)12-13-5-3-6-14(18)11-13/h3,5-6,11,15H,2,4,7-10,12H2,1H3,(H,19,21). The van der Waals surface area contributed by atoms with E-state index in [4.69, 9.17) is 11.6 Å². The van der Waals surface area contributed by atoms with Crippen molar-refractivity contribution >= 4 is 23.4 Å². The van der Waals surface area contributed by atoms with Gasteiger partial charge in [-0.15, -0.1) is 0 Å². The summed E-state index contributed by atoms with van der Waals surface area (Å²) in [7, 11) is 0. The fraction of sp³-hybridized carbons (Fsp3) is 0.529. The number of rotatable bonds is 5. The number of carbonyl (C=O) groups is 2. The van der Waals surface area contributed by atoms with Crippen molar-refractivity contribution in [2.45, 2.75) is 45.1 Å². The van der Waals surface area contributed by atoms with Gasteiger partial charge in [0.05, 0.1) is 6.42 Å². The second-order valence-corrected chi connectivity index (χ2v) is 6.22. The van der Waals surface area contributed by atoms with Crippen LogP contribution in [0.3, 0.4) is 0 Å². The van der Waals surface area contributed by atoms with Gasteiger partial charge in [-0.1, -0.05) is 30.7 Å². The molecule has 1 fully saturated rings. The Labute approximate surface area is 136 Å². The van der Waals surface area contributed by atoms with Gasteiger partial charge in [-0.2, -0.15) is 0 Å². The highest BCUT2D eigenvalue weighted by atomic mass is 35.5. The Bertz CT molecular complexity index is 525. The van der Waals surface area contributed by atoms with Gasteiger partial charge in [-0.25, -0.2) is 0 Å². The second kappa shape index (κ2) is 8.18. The lowest BCUT2D eigenvalue weighted by atomic mass is 10.0. The van der Waals surface area contributed by atoms with Crippen molar-refractivity contribution in [2.75, 3.05) is 13.1 Å². The first-order valence-electron chi connectivity index (χ1n) is 7.90. The van der Waals surface area contributed by atoms with E-state index >= 15 is 0 Å². The van der Waals surface area contributed by atoms with Crippen LogP contribution in [-0.2, 0) is 16.0 Å². The normalized spacial score (nSPS) is 15.6. The third-order valence-corrected chi connectivity index (χ3v) is 4.17. The first-order valence-corrected chi connectivity index (χ1v) is 8.28. The molecule has 120 valence electrons. The summed E-state index contributed by atoms with van der Waals surface area (Å²) in [5.41, 5.74) is 0.941. The number of nitrogens with one attached hydrogen (secondary N) is 1. The van der Waals surface area contributed by atoms with E-state index in [-0.39, 0.29) is 17.9 Å². The number of piperidine rings is 1. The topological polar surface area (TPSA) is 49.4 Å². The van der Waals surface area contributed by atoms with Crippen molar-refractivity contribution in [3.63, 3.8) is 0 Å². The molecule has 1 aliphatic heterocycles. The number of nitrogens with zero attached hydrogens (tertiary/aromatic N) is 1. The predicted octanol–water partition coefficient (Wildman–Crippen LogP) is 2.79. The van der Waals surface area contributed by atoms with E-state index in [2.05, 4.69) is 5.32 Å². The van der Waals surface area contributed by atoms with Crippen LogP contribution in [0.5, 0.6) is 0 Å². The number of halogens is 1. The lowest BCUT2D eigenvalue weighted by molar-refractivity contribution is -0.131. The molecule has 1 saturated heterocycles. The quantitative estimate of drug-likeness (QED) is 0.906. The summed E-state index contributed by atoms with van der Waals surface area (Å²) in [6.45, 7) is 3.41. The average Bonchev–Trinajstić information content (AvgIpc) is 2.48. The summed E-state index contributed by atoms with van der Waals surface area (Å²) in [5, 5.41) is 3.70. The van der Waals surface area contributed by atoms with Crippen LogP contribution in [0.15, 0.2) is 24.3 Å². The van der Waals surface area contributed by atoms with Gasteiger partial charge < -0.3 is 10.2 Å². The van der Waals surface area contributed by atoms with Crippen LogP contribution < -0.4 is 5.32 Å². The molecule has 0 saturated carbocycles. The SMILES string of the molecule is CCCC(=O)NC1CCN(C(=O)Cc2cccc(Cl)c2)CC1. The summed E-state index contributed by atoms with van der Waals surface area (Å²) in [6, 6.07) is 7.62. The Kier molecular flexibility index (Phi) is 6.25. The molecular weight excluding hydrogens is 300 g/mol. The van der Waals surface area contributed by atoms with Crippen LogP contribution in [0.25, 0.3) is 0 Å². The molecule has 2 amide bonds. The van der Waals surface area contributed by atoms with Gasteiger partial charge in [0.15, 0.2) is 0 Å². The summed E-state index contributed by atoms with van der Waals surface area (Å²) < 4.78 is 0. The fourth-order valence-corrected chi connectivity index (χ4v) is 2.95. The van der Waals surface area contributed by atoms with Gasteiger partial charge in [0.1, 0.15) is 0 Å². The maximum atomic E-state index is 12.3. The van der Waals surface area contributed by atoms with Crippen molar-refractivity contribution in [3.05, 3.63) is 34.9 Å². The van der Waals surface area contributed by atoms with E-state index in [0.717, 1.165) is 24.8 Å². The molecule has 0 spiro atoms. The molecular formula is C17H23ClN2O2. The number of amides is 2. The molecule has 5 heteroatoms. The van der Waals surface area contributed by atoms with Crippen LogP contribution in [0, 0.1) is 0 Å². The summed E-state index contributed by atoms with van der Waals surface area (Å²) >= 11 is 5.94. The van der Waals surface area contributed by atoms with Crippen molar-refractivity contribution in [1.82, 2.24) is 10.2 Å². The molecule has 1 aliphatic rings. The lowest BCUT2D eigenvalue weighted by Gasteiger charge is -2.32. The average molecular weight is 323 g/mol. The largest absolute Gasteiger partial charge is 0.353 e. The molecule has 4 nitrogen and oxygen atoms in total. The maximum absolute atomic E-state index is 12.3. The number of hydrogen-bond donors (Lipinski definition) is 1. The zero-order valence-electron chi connectivity index (χ0n) is 13.0. The van der Waals surface area contributed by atoms with Crippen molar-refractivity contribution in [2.24, 2.45) is 0 Å². The molecule has 0 bridgehead atoms. The molecule has 1 heterocycles. The number of hydrogen-bond acceptors (Lipinski definition) is 2. The van der Waals surface area contributed by atoms with E-state index in [9.17, 15) is 9.59 Å². The highest BCUT2D eigenvalue weighted by Crippen LogP contribution is 2.15. The smallest absolute Gasteiger partial charge is 0.226 e. The minimum absolute atomic E-state index is 0.117. The molecule has 0 radical (unpaired) electrons. The van der Waals surface area contributed by atoms with Gasteiger partial charge in [0.2, 0.25) is 11.8 Å². The van der Waals surface area contributed by atoms with Crippen molar-refractivity contribution in [1.29, 1.82) is 0 Å². The minimum atomic E-state index is 0.117. The Morgan fingerprint density at radius 2 is 2.05 bits per heavy atom. The molecule has 2 rings (SSSR count). The highest BCUT2D eigenvalue weighted by Gasteiger charge is 2.23. The summed E-state index contributed by atoms with van der Waals surface area (Å²) in [4.78, 5) is 25.8. The lowest BCUT2D eigenvalue weighted by Crippen LogP contribution is -2.46. The number of benzene rings is 1. The maximum Gasteiger partial charge on any atom is 0.226 e. The van der Waals surface area contributed by atoms with Gasteiger partial charge in [-0.3, -0.25) is 9.59 Å². The van der Waals surface area contributed by atoms with Crippen molar-refractivity contribution < 1.29 is 9.59 Å². The molecule has 1 aromatic rings. The molecule has 22 heavy (non-hydrogen) atoms. The van der Waals surface area contributed by atoms with Gasteiger partial charge >= 0.3 is 0 Å². The first-order chi connectivity index (χ1) is 10.6. The van der Waals surface area contributed by atoms with E-state index < -0.39 is 0 Å². The van der Waals surface area contributed by atoms with Crippen molar-refractivity contribution in [3.8, 4) is 0 Å².